The van der Waals surface area contributed by atoms with Crippen molar-refractivity contribution < 1.29 is 9.50 Å². The van der Waals surface area contributed by atoms with Crippen LogP contribution in [-0.4, -0.2) is 10.1 Å². The minimum absolute atomic E-state index is 0.107. The van der Waals surface area contributed by atoms with Gasteiger partial charge in [0.25, 0.3) is 0 Å². The summed E-state index contributed by atoms with van der Waals surface area (Å²) < 4.78 is 13.8. The molecule has 3 heteroatoms. The van der Waals surface area contributed by atoms with Gasteiger partial charge in [0.15, 0.2) is 0 Å². The number of benzene rings is 1. The van der Waals surface area contributed by atoms with E-state index in [-0.39, 0.29) is 12.4 Å². The van der Waals surface area contributed by atoms with Gasteiger partial charge in [-0.25, -0.2) is 4.39 Å². The highest BCUT2D eigenvalue weighted by Crippen LogP contribution is 2.29. The number of aliphatic hydroxyl groups excluding tert-OH is 1. The fourth-order valence-corrected chi connectivity index (χ4v) is 2.53. The number of aryl methyl sites for hydroxylation is 2. The molecular formula is C15H14FNO. The molecule has 0 fully saturated rings. The summed E-state index contributed by atoms with van der Waals surface area (Å²) >= 11 is 0. The summed E-state index contributed by atoms with van der Waals surface area (Å²) in [4.78, 5) is 4.56. The number of aromatic nitrogens is 1. The van der Waals surface area contributed by atoms with Crippen molar-refractivity contribution in [2.75, 3.05) is 0 Å². The number of nitrogens with zero attached hydrogens (tertiary/aromatic N) is 1. The van der Waals surface area contributed by atoms with Crippen LogP contribution in [0, 0.1) is 5.82 Å². The predicted octanol–water partition coefficient (Wildman–Crippen LogP) is 2.87. The lowest BCUT2D eigenvalue weighted by molar-refractivity contribution is 0.282. The molecule has 0 spiro atoms. The van der Waals surface area contributed by atoms with Crippen molar-refractivity contribution in [2.24, 2.45) is 0 Å². The zero-order chi connectivity index (χ0) is 12.5. The Hall–Kier alpha value is -1.74. The number of hydrogen-bond donors (Lipinski definition) is 1. The lowest BCUT2D eigenvalue weighted by atomic mass is 10.0. The number of fused-ring (bicyclic) bond motifs is 1. The first-order chi connectivity index (χ1) is 8.79. The van der Waals surface area contributed by atoms with E-state index in [1.54, 1.807) is 18.2 Å². The van der Waals surface area contributed by atoms with Gasteiger partial charge in [0.1, 0.15) is 5.82 Å². The van der Waals surface area contributed by atoms with Crippen LogP contribution in [0.25, 0.3) is 11.3 Å². The first-order valence-electron chi connectivity index (χ1n) is 6.17. The SMILES string of the molecule is OCc1cc2c(nc1-c1ccccc1F)CCC2. The third-order valence-corrected chi connectivity index (χ3v) is 3.43. The zero-order valence-electron chi connectivity index (χ0n) is 9.99. The molecule has 1 aromatic heterocycles. The van der Waals surface area contributed by atoms with Crippen LogP contribution >= 0.6 is 0 Å². The van der Waals surface area contributed by atoms with Crippen LogP contribution in [0.3, 0.4) is 0 Å². The predicted molar refractivity (Wildman–Crippen MR) is 67.6 cm³/mol. The van der Waals surface area contributed by atoms with Crippen LogP contribution in [0.4, 0.5) is 4.39 Å². The molecule has 0 unspecified atom stereocenters. The molecule has 92 valence electrons. The molecule has 3 rings (SSSR count). The third kappa shape index (κ3) is 1.81. The molecule has 0 atom stereocenters. The van der Waals surface area contributed by atoms with E-state index in [0.717, 1.165) is 25.0 Å². The normalized spacial score (nSPS) is 13.7. The van der Waals surface area contributed by atoms with Crippen LogP contribution in [0.1, 0.15) is 23.2 Å². The van der Waals surface area contributed by atoms with Crippen molar-refractivity contribution in [3.8, 4) is 11.3 Å². The minimum atomic E-state index is -0.294. The van der Waals surface area contributed by atoms with Crippen molar-refractivity contribution >= 4 is 0 Å². The Bertz CT molecular complexity index is 595. The summed E-state index contributed by atoms with van der Waals surface area (Å²) in [6.45, 7) is -0.107. The van der Waals surface area contributed by atoms with Gasteiger partial charge >= 0.3 is 0 Å². The molecule has 1 aromatic carbocycles. The Kier molecular flexibility index (Phi) is 2.84. The Balaban J connectivity index is 2.20. The van der Waals surface area contributed by atoms with Gasteiger partial charge in [-0.15, -0.1) is 0 Å². The van der Waals surface area contributed by atoms with Crippen molar-refractivity contribution in [1.29, 1.82) is 0 Å². The van der Waals surface area contributed by atoms with Crippen molar-refractivity contribution in [3.63, 3.8) is 0 Å². The largest absolute Gasteiger partial charge is 0.392 e. The highest BCUT2D eigenvalue weighted by molar-refractivity contribution is 5.64. The van der Waals surface area contributed by atoms with Gasteiger partial charge in [-0.3, -0.25) is 4.98 Å². The molecule has 0 saturated heterocycles. The van der Waals surface area contributed by atoms with E-state index in [1.807, 2.05) is 6.07 Å². The van der Waals surface area contributed by atoms with E-state index < -0.39 is 0 Å². The first kappa shape index (κ1) is 11.4. The lowest BCUT2D eigenvalue weighted by Crippen LogP contribution is -2.00. The molecule has 1 aliphatic carbocycles. The van der Waals surface area contributed by atoms with Crippen LogP contribution in [-0.2, 0) is 19.4 Å². The van der Waals surface area contributed by atoms with E-state index in [2.05, 4.69) is 4.98 Å². The smallest absolute Gasteiger partial charge is 0.132 e. The second-order valence-corrected chi connectivity index (χ2v) is 4.59. The quantitative estimate of drug-likeness (QED) is 0.879. The van der Waals surface area contributed by atoms with E-state index >= 15 is 0 Å². The number of aliphatic hydroxyl groups is 1. The Morgan fingerprint density at radius 1 is 1.22 bits per heavy atom. The molecule has 2 aromatic rings. The summed E-state index contributed by atoms with van der Waals surface area (Å²) in [5.41, 5.74) is 4.00. The van der Waals surface area contributed by atoms with Crippen molar-refractivity contribution in [3.05, 3.63) is 53.0 Å². The summed E-state index contributed by atoms with van der Waals surface area (Å²) in [5, 5.41) is 9.44. The Labute approximate surface area is 105 Å². The molecular weight excluding hydrogens is 229 g/mol. The van der Waals surface area contributed by atoms with E-state index in [1.165, 1.54) is 11.6 Å². The minimum Gasteiger partial charge on any atom is -0.392 e. The number of halogens is 1. The number of pyridine rings is 1. The average molecular weight is 243 g/mol. The Morgan fingerprint density at radius 3 is 2.83 bits per heavy atom. The molecule has 0 saturated carbocycles. The van der Waals surface area contributed by atoms with E-state index in [0.29, 0.717) is 16.8 Å². The van der Waals surface area contributed by atoms with Gasteiger partial charge in [-0.05, 0) is 43.0 Å². The average Bonchev–Trinajstić information content (AvgIpc) is 2.85. The molecule has 0 amide bonds. The topological polar surface area (TPSA) is 33.1 Å². The number of rotatable bonds is 2. The molecule has 1 heterocycles. The van der Waals surface area contributed by atoms with Gasteiger partial charge in [-0.1, -0.05) is 12.1 Å². The molecule has 18 heavy (non-hydrogen) atoms. The fraction of sp³-hybridized carbons (Fsp3) is 0.267. The zero-order valence-corrected chi connectivity index (χ0v) is 9.99. The molecule has 0 radical (unpaired) electrons. The first-order valence-corrected chi connectivity index (χ1v) is 6.17. The molecule has 0 bridgehead atoms. The van der Waals surface area contributed by atoms with Gasteiger partial charge in [0.2, 0.25) is 0 Å². The maximum atomic E-state index is 13.8. The van der Waals surface area contributed by atoms with Crippen LogP contribution < -0.4 is 0 Å². The Morgan fingerprint density at radius 2 is 2.06 bits per heavy atom. The van der Waals surface area contributed by atoms with Gasteiger partial charge < -0.3 is 5.11 Å². The standard InChI is InChI=1S/C15H14FNO/c16-13-6-2-1-5-12(13)15-11(9-18)8-10-4-3-7-14(10)17-15/h1-2,5-6,8,18H,3-4,7,9H2. The molecule has 0 aliphatic heterocycles. The summed E-state index contributed by atoms with van der Waals surface area (Å²) in [5.74, 6) is -0.294. The summed E-state index contributed by atoms with van der Waals surface area (Å²) in [6, 6.07) is 8.54. The van der Waals surface area contributed by atoms with Gasteiger partial charge in [-0.2, -0.15) is 0 Å². The highest BCUT2D eigenvalue weighted by atomic mass is 19.1. The highest BCUT2D eigenvalue weighted by Gasteiger charge is 2.18. The summed E-state index contributed by atoms with van der Waals surface area (Å²) in [7, 11) is 0. The van der Waals surface area contributed by atoms with E-state index in [9.17, 15) is 9.50 Å². The monoisotopic (exact) mass is 243 g/mol. The lowest BCUT2D eigenvalue weighted by Gasteiger charge is -2.10. The van der Waals surface area contributed by atoms with Crippen molar-refractivity contribution in [2.45, 2.75) is 25.9 Å². The van der Waals surface area contributed by atoms with Crippen LogP contribution in [0.5, 0.6) is 0 Å². The molecule has 1 aliphatic rings. The van der Waals surface area contributed by atoms with E-state index in [4.69, 9.17) is 0 Å². The third-order valence-electron chi connectivity index (χ3n) is 3.43. The molecule has 2 nitrogen and oxygen atoms in total. The van der Waals surface area contributed by atoms with Gasteiger partial charge in [0, 0.05) is 16.8 Å². The van der Waals surface area contributed by atoms with Crippen LogP contribution in [0.2, 0.25) is 0 Å². The molecule has 1 N–H and O–H groups in total. The second-order valence-electron chi connectivity index (χ2n) is 4.59. The van der Waals surface area contributed by atoms with Gasteiger partial charge in [0.05, 0.1) is 12.3 Å². The second kappa shape index (κ2) is 4.50. The van der Waals surface area contributed by atoms with Crippen molar-refractivity contribution in [1.82, 2.24) is 4.98 Å². The maximum Gasteiger partial charge on any atom is 0.132 e. The number of hydrogen-bond acceptors (Lipinski definition) is 2. The maximum absolute atomic E-state index is 13.8. The fourth-order valence-electron chi connectivity index (χ4n) is 2.53. The van der Waals surface area contributed by atoms with Crippen LogP contribution in [0.15, 0.2) is 30.3 Å². The summed E-state index contributed by atoms with van der Waals surface area (Å²) in [6.07, 6.45) is 3.04.